The molecule has 0 saturated carbocycles. The highest BCUT2D eigenvalue weighted by Crippen LogP contribution is 2.27. The van der Waals surface area contributed by atoms with Gasteiger partial charge in [0.25, 0.3) is 0 Å². The molecule has 0 radical (unpaired) electrons. The van der Waals surface area contributed by atoms with Crippen molar-refractivity contribution >= 4 is 5.82 Å². The highest BCUT2D eigenvalue weighted by atomic mass is 16.6. The van der Waals surface area contributed by atoms with Crippen LogP contribution in [0.15, 0.2) is 67.0 Å². The molecule has 4 aromatic rings. The number of hydrogen-bond donors (Lipinski definition) is 1. The third-order valence-corrected chi connectivity index (χ3v) is 4.22. The first-order chi connectivity index (χ1) is 13.1. The van der Waals surface area contributed by atoms with Crippen LogP contribution in [-0.4, -0.2) is 25.1 Å². The maximum atomic E-state index is 10.9. The molecule has 0 unspecified atom stereocenters. The molecule has 7 nitrogen and oxygen atoms in total. The number of rotatable bonds is 4. The van der Waals surface area contributed by atoms with E-state index in [4.69, 9.17) is 0 Å². The first-order valence-electron chi connectivity index (χ1n) is 8.30. The lowest BCUT2D eigenvalue weighted by atomic mass is 10.1. The van der Waals surface area contributed by atoms with Gasteiger partial charge in [-0.2, -0.15) is 5.10 Å². The summed E-state index contributed by atoms with van der Waals surface area (Å²) < 4.78 is 0. The van der Waals surface area contributed by atoms with E-state index in [1.54, 1.807) is 12.3 Å². The van der Waals surface area contributed by atoms with Gasteiger partial charge >= 0.3 is 5.82 Å². The van der Waals surface area contributed by atoms with Crippen molar-refractivity contribution in [3.05, 3.63) is 82.7 Å². The number of H-pyrrole nitrogens is 1. The lowest BCUT2D eigenvalue weighted by molar-refractivity contribution is -0.389. The molecule has 3 heterocycles. The highest BCUT2D eigenvalue weighted by molar-refractivity contribution is 5.72. The second-order valence-electron chi connectivity index (χ2n) is 6.12. The Bertz CT molecular complexity index is 1120. The van der Waals surface area contributed by atoms with E-state index in [1.165, 1.54) is 17.8 Å². The molecule has 0 amide bonds. The Kier molecular flexibility index (Phi) is 4.18. The van der Waals surface area contributed by atoms with Crippen LogP contribution in [0.3, 0.4) is 0 Å². The SMILES string of the molecule is Cc1ccc(-c2cc(-c3cc(-c4ccnc([N+](=O)[O-])c4)n[nH]3)ccn2)cc1. The summed E-state index contributed by atoms with van der Waals surface area (Å²) in [5, 5.41) is 18.2. The van der Waals surface area contributed by atoms with E-state index in [-0.39, 0.29) is 5.82 Å². The number of aryl methyl sites for hydroxylation is 1. The Morgan fingerprint density at radius 3 is 2.37 bits per heavy atom. The monoisotopic (exact) mass is 357 g/mol. The molecule has 0 atom stereocenters. The predicted molar refractivity (Wildman–Crippen MR) is 102 cm³/mol. The fourth-order valence-electron chi connectivity index (χ4n) is 2.78. The molecular formula is C20H15N5O2. The fraction of sp³-hybridized carbons (Fsp3) is 0.0500. The zero-order valence-electron chi connectivity index (χ0n) is 14.5. The number of pyridine rings is 2. The topological polar surface area (TPSA) is 97.6 Å². The lowest BCUT2D eigenvalue weighted by Crippen LogP contribution is -1.91. The number of hydrogen-bond acceptors (Lipinski definition) is 5. The summed E-state index contributed by atoms with van der Waals surface area (Å²) in [6, 6.07) is 17.0. The minimum atomic E-state index is -0.520. The zero-order chi connectivity index (χ0) is 18.8. The number of nitro groups is 1. The number of nitrogens with zero attached hydrogens (tertiary/aromatic N) is 4. The van der Waals surface area contributed by atoms with Crippen LogP contribution >= 0.6 is 0 Å². The molecule has 1 aromatic carbocycles. The average Bonchev–Trinajstić information content (AvgIpc) is 3.19. The van der Waals surface area contributed by atoms with Gasteiger partial charge in [0.1, 0.15) is 6.20 Å². The van der Waals surface area contributed by atoms with Crippen molar-refractivity contribution in [2.75, 3.05) is 0 Å². The fourth-order valence-corrected chi connectivity index (χ4v) is 2.78. The van der Waals surface area contributed by atoms with Crippen LogP contribution in [0.4, 0.5) is 5.82 Å². The summed E-state index contributed by atoms with van der Waals surface area (Å²) in [6.45, 7) is 2.04. The van der Waals surface area contributed by atoms with Crippen LogP contribution < -0.4 is 0 Å². The van der Waals surface area contributed by atoms with Crippen LogP contribution in [0.1, 0.15) is 5.56 Å². The van der Waals surface area contributed by atoms with Crippen molar-refractivity contribution in [2.45, 2.75) is 6.92 Å². The van der Waals surface area contributed by atoms with Gasteiger partial charge in [0, 0.05) is 29.0 Å². The van der Waals surface area contributed by atoms with Gasteiger partial charge in [-0.15, -0.1) is 0 Å². The first kappa shape index (κ1) is 16.6. The largest absolute Gasteiger partial charge is 0.364 e. The van der Waals surface area contributed by atoms with Crippen LogP contribution in [0.5, 0.6) is 0 Å². The summed E-state index contributed by atoms with van der Waals surface area (Å²) >= 11 is 0. The quantitative estimate of drug-likeness (QED) is 0.431. The number of benzene rings is 1. The smallest absolute Gasteiger partial charge is 0.358 e. The lowest BCUT2D eigenvalue weighted by Gasteiger charge is -2.04. The normalized spacial score (nSPS) is 10.7. The van der Waals surface area contributed by atoms with Crippen LogP contribution in [0.25, 0.3) is 33.8 Å². The number of aromatic nitrogens is 4. The van der Waals surface area contributed by atoms with E-state index >= 15 is 0 Å². The van der Waals surface area contributed by atoms with E-state index in [2.05, 4.69) is 20.2 Å². The number of aromatic amines is 1. The second kappa shape index (κ2) is 6.80. The Hall–Kier alpha value is -3.87. The minimum Gasteiger partial charge on any atom is -0.358 e. The third-order valence-electron chi connectivity index (χ3n) is 4.22. The molecule has 0 fully saturated rings. The van der Waals surface area contributed by atoms with E-state index < -0.39 is 4.92 Å². The Labute approximate surface area is 154 Å². The summed E-state index contributed by atoms with van der Waals surface area (Å²) in [4.78, 5) is 18.6. The minimum absolute atomic E-state index is 0.206. The van der Waals surface area contributed by atoms with E-state index in [9.17, 15) is 10.1 Å². The predicted octanol–water partition coefficient (Wildman–Crippen LogP) is 4.42. The first-order valence-corrected chi connectivity index (χ1v) is 8.30. The van der Waals surface area contributed by atoms with Gasteiger partial charge in [-0.05, 0) is 41.1 Å². The molecule has 0 spiro atoms. The van der Waals surface area contributed by atoms with Crippen molar-refractivity contribution in [1.29, 1.82) is 0 Å². The Morgan fingerprint density at radius 2 is 1.59 bits per heavy atom. The molecule has 27 heavy (non-hydrogen) atoms. The average molecular weight is 357 g/mol. The van der Waals surface area contributed by atoms with Gasteiger partial charge in [-0.1, -0.05) is 29.8 Å². The Morgan fingerprint density at radius 1 is 0.852 bits per heavy atom. The molecule has 0 aliphatic rings. The summed E-state index contributed by atoms with van der Waals surface area (Å²) in [5.41, 5.74) is 6.08. The van der Waals surface area contributed by atoms with Crippen LogP contribution in [0, 0.1) is 17.0 Å². The molecule has 7 heteroatoms. The molecular weight excluding hydrogens is 342 g/mol. The van der Waals surface area contributed by atoms with E-state index in [0.29, 0.717) is 11.3 Å². The highest BCUT2D eigenvalue weighted by Gasteiger charge is 2.12. The Balaban J connectivity index is 1.67. The molecule has 132 valence electrons. The van der Waals surface area contributed by atoms with Crippen molar-refractivity contribution in [3.63, 3.8) is 0 Å². The van der Waals surface area contributed by atoms with Crippen molar-refractivity contribution in [2.24, 2.45) is 0 Å². The van der Waals surface area contributed by atoms with Crippen molar-refractivity contribution < 1.29 is 4.92 Å². The van der Waals surface area contributed by atoms with Gasteiger partial charge in [0.2, 0.25) is 0 Å². The maximum Gasteiger partial charge on any atom is 0.364 e. The van der Waals surface area contributed by atoms with E-state index in [1.807, 2.05) is 49.4 Å². The van der Waals surface area contributed by atoms with Gasteiger partial charge in [0.15, 0.2) is 0 Å². The molecule has 0 aliphatic carbocycles. The van der Waals surface area contributed by atoms with Gasteiger partial charge < -0.3 is 10.1 Å². The van der Waals surface area contributed by atoms with Gasteiger partial charge in [0.05, 0.1) is 17.1 Å². The second-order valence-corrected chi connectivity index (χ2v) is 6.12. The summed E-state index contributed by atoms with van der Waals surface area (Å²) in [7, 11) is 0. The molecule has 1 N–H and O–H groups in total. The third kappa shape index (κ3) is 3.43. The molecule has 0 saturated heterocycles. The molecule has 4 rings (SSSR count). The van der Waals surface area contributed by atoms with Crippen LogP contribution in [-0.2, 0) is 0 Å². The molecule has 0 bridgehead atoms. The summed E-state index contributed by atoms with van der Waals surface area (Å²) in [6.07, 6.45) is 3.16. The standard InChI is InChI=1S/C20H15N5O2/c1-13-2-4-14(5-3-13)17-10-15(6-8-21-17)18-12-19(24-23-18)16-7-9-22-20(11-16)25(26)27/h2-12H,1H3,(H,23,24). The van der Waals surface area contributed by atoms with Crippen molar-refractivity contribution in [3.8, 4) is 33.8 Å². The number of nitrogens with one attached hydrogen (secondary N) is 1. The van der Waals surface area contributed by atoms with Crippen LogP contribution in [0.2, 0.25) is 0 Å². The molecule has 3 aromatic heterocycles. The zero-order valence-corrected chi connectivity index (χ0v) is 14.5. The van der Waals surface area contributed by atoms with Gasteiger partial charge in [-0.25, -0.2) is 0 Å². The van der Waals surface area contributed by atoms with Gasteiger partial charge in [-0.3, -0.25) is 10.1 Å². The van der Waals surface area contributed by atoms with E-state index in [0.717, 1.165) is 22.5 Å². The maximum absolute atomic E-state index is 10.9. The summed E-state index contributed by atoms with van der Waals surface area (Å²) in [5.74, 6) is -0.206. The molecule has 0 aliphatic heterocycles. The van der Waals surface area contributed by atoms with Crippen molar-refractivity contribution in [1.82, 2.24) is 20.2 Å².